The van der Waals surface area contributed by atoms with E-state index < -0.39 is 39.3 Å². The van der Waals surface area contributed by atoms with Crippen molar-refractivity contribution in [1.29, 1.82) is 0 Å². The third-order valence-electron chi connectivity index (χ3n) is 7.10. The van der Waals surface area contributed by atoms with Crippen molar-refractivity contribution in [3.8, 4) is 11.5 Å². The molecule has 3 aromatic carbocycles. The van der Waals surface area contributed by atoms with Gasteiger partial charge in [-0.3, -0.25) is 30.3 Å². The zero-order valence-electron chi connectivity index (χ0n) is 20.3. The molecule has 196 valence electrons. The Hall–Kier alpha value is -4.03. The summed E-state index contributed by atoms with van der Waals surface area (Å²) in [6.07, 6.45) is 0. The predicted molar refractivity (Wildman–Crippen MR) is 141 cm³/mol. The van der Waals surface area contributed by atoms with Gasteiger partial charge in [-0.25, -0.2) is 0 Å². The van der Waals surface area contributed by atoms with Crippen LogP contribution in [0, 0.1) is 20.2 Å². The molecule has 0 unspecified atom stereocenters. The number of rotatable bonds is 7. The van der Waals surface area contributed by atoms with E-state index >= 15 is 0 Å². The summed E-state index contributed by atoms with van der Waals surface area (Å²) in [5, 5.41) is 29.7. The first-order valence-corrected chi connectivity index (χ1v) is 12.5. The van der Waals surface area contributed by atoms with E-state index in [4.69, 9.17) is 9.47 Å². The van der Waals surface area contributed by atoms with E-state index in [0.717, 1.165) is 0 Å². The second-order valence-corrected chi connectivity index (χ2v) is 10.1. The molecular formula is C26H23BrN4O7. The van der Waals surface area contributed by atoms with Crippen molar-refractivity contribution in [2.45, 2.75) is 37.1 Å². The molecule has 1 spiro atoms. The number of para-hydroxylation sites is 1. The molecule has 12 heteroatoms. The zero-order valence-corrected chi connectivity index (χ0v) is 21.9. The highest BCUT2D eigenvalue weighted by Gasteiger charge is 2.67. The van der Waals surface area contributed by atoms with Crippen molar-refractivity contribution in [2.24, 2.45) is 0 Å². The van der Waals surface area contributed by atoms with Gasteiger partial charge >= 0.3 is 0 Å². The molecule has 0 radical (unpaired) electrons. The number of amides is 1. The van der Waals surface area contributed by atoms with E-state index in [0.29, 0.717) is 38.3 Å². The maximum absolute atomic E-state index is 13.2. The van der Waals surface area contributed by atoms with Gasteiger partial charge in [0.2, 0.25) is 0 Å². The number of hydrogen-bond acceptors (Lipinski definition) is 8. The Morgan fingerprint density at radius 2 is 1.84 bits per heavy atom. The fraction of sp³-hybridized carbons (Fsp3) is 0.269. The van der Waals surface area contributed by atoms with Gasteiger partial charge in [0.15, 0.2) is 17.0 Å². The number of nitro groups is 2. The number of carbonyl (C=O) groups is 1. The molecular weight excluding hydrogens is 560 g/mol. The predicted octanol–water partition coefficient (Wildman–Crippen LogP) is 4.51. The summed E-state index contributed by atoms with van der Waals surface area (Å²) in [7, 11) is 1.45. The number of halogens is 1. The molecule has 5 rings (SSSR count). The lowest BCUT2D eigenvalue weighted by Gasteiger charge is -2.25. The van der Waals surface area contributed by atoms with E-state index in [1.165, 1.54) is 19.2 Å². The highest BCUT2D eigenvalue weighted by atomic mass is 79.9. The minimum absolute atomic E-state index is 0.0367. The van der Waals surface area contributed by atoms with Crippen LogP contribution in [0.3, 0.4) is 0 Å². The molecule has 2 aliphatic heterocycles. The Balaban J connectivity index is 1.51. The smallest absolute Gasteiger partial charge is 0.269 e. The zero-order chi connectivity index (χ0) is 27.2. The number of nitro benzene ring substituents is 1. The first kappa shape index (κ1) is 25.6. The van der Waals surface area contributed by atoms with Crippen molar-refractivity contribution in [2.75, 3.05) is 12.4 Å². The van der Waals surface area contributed by atoms with Crippen LogP contribution in [0.2, 0.25) is 0 Å². The number of non-ortho nitro benzene ring substituents is 1. The Morgan fingerprint density at radius 3 is 2.55 bits per heavy atom. The molecule has 0 saturated carbocycles. The van der Waals surface area contributed by atoms with E-state index in [-0.39, 0.29) is 12.3 Å². The van der Waals surface area contributed by atoms with Crippen LogP contribution in [0.25, 0.3) is 0 Å². The molecule has 0 aromatic heterocycles. The SMILES string of the molecule is COc1cc([C@@H]2[C@H](C)N[C@@]3(C(=O)Nc4ccccc43)[C@H]2[N+](=O)[O-])cc(Br)c1OCc1cccc([N+](=O)[O-])c1. The third-order valence-corrected chi connectivity index (χ3v) is 7.69. The van der Waals surface area contributed by atoms with Gasteiger partial charge in [-0.1, -0.05) is 30.3 Å². The second-order valence-electron chi connectivity index (χ2n) is 9.25. The Morgan fingerprint density at radius 1 is 1.08 bits per heavy atom. The molecule has 3 aromatic rings. The van der Waals surface area contributed by atoms with Crippen LogP contribution < -0.4 is 20.1 Å². The summed E-state index contributed by atoms with van der Waals surface area (Å²) >= 11 is 3.50. The number of anilines is 1. The summed E-state index contributed by atoms with van der Waals surface area (Å²) in [5.74, 6) is -0.473. The molecule has 1 amide bonds. The largest absolute Gasteiger partial charge is 0.493 e. The summed E-state index contributed by atoms with van der Waals surface area (Å²) < 4.78 is 12.0. The normalized spacial score (nSPS) is 23.7. The van der Waals surface area contributed by atoms with E-state index in [1.807, 2.05) is 6.92 Å². The lowest BCUT2D eigenvalue weighted by atomic mass is 9.78. The monoisotopic (exact) mass is 582 g/mol. The maximum atomic E-state index is 13.2. The second kappa shape index (κ2) is 9.69. The van der Waals surface area contributed by atoms with Crippen molar-refractivity contribution < 1.29 is 24.1 Å². The number of methoxy groups -OCH3 is 1. The van der Waals surface area contributed by atoms with Gasteiger partial charge in [0, 0.05) is 34.3 Å². The highest BCUT2D eigenvalue weighted by molar-refractivity contribution is 9.10. The van der Waals surface area contributed by atoms with Gasteiger partial charge in [-0.15, -0.1) is 0 Å². The fourth-order valence-corrected chi connectivity index (χ4v) is 6.12. The number of ether oxygens (including phenoxy) is 2. The highest BCUT2D eigenvalue weighted by Crippen LogP contribution is 2.51. The van der Waals surface area contributed by atoms with Gasteiger partial charge in [-0.05, 0) is 52.2 Å². The first-order chi connectivity index (χ1) is 18.2. The van der Waals surface area contributed by atoms with Gasteiger partial charge in [-0.2, -0.15) is 0 Å². The van der Waals surface area contributed by atoms with Crippen molar-refractivity contribution in [1.82, 2.24) is 5.32 Å². The molecule has 0 bridgehead atoms. The number of nitrogens with zero attached hydrogens (tertiary/aromatic N) is 2. The van der Waals surface area contributed by atoms with Crippen LogP contribution in [-0.4, -0.2) is 34.9 Å². The topological polar surface area (TPSA) is 146 Å². The average Bonchev–Trinajstić information content (AvgIpc) is 3.36. The number of fused-ring (bicyclic) bond motifs is 2. The van der Waals surface area contributed by atoms with Crippen LogP contribution >= 0.6 is 15.9 Å². The Bertz CT molecular complexity index is 1470. The minimum Gasteiger partial charge on any atom is -0.493 e. The first-order valence-electron chi connectivity index (χ1n) is 11.7. The molecule has 1 fully saturated rings. The molecule has 4 atom stereocenters. The summed E-state index contributed by atoms with van der Waals surface area (Å²) in [4.78, 5) is 36.0. The number of carbonyl (C=O) groups excluding carboxylic acids is 1. The van der Waals surface area contributed by atoms with Crippen LogP contribution in [0.5, 0.6) is 11.5 Å². The molecule has 2 aliphatic rings. The molecule has 2 heterocycles. The number of benzene rings is 3. The van der Waals surface area contributed by atoms with Crippen molar-refractivity contribution in [3.63, 3.8) is 0 Å². The lowest BCUT2D eigenvalue weighted by Crippen LogP contribution is -2.54. The van der Waals surface area contributed by atoms with Gasteiger partial charge < -0.3 is 14.8 Å². The molecule has 11 nitrogen and oxygen atoms in total. The van der Waals surface area contributed by atoms with E-state index in [2.05, 4.69) is 26.6 Å². The number of nitrogens with one attached hydrogen (secondary N) is 2. The van der Waals surface area contributed by atoms with Crippen molar-refractivity contribution >= 4 is 33.2 Å². The summed E-state index contributed by atoms with van der Waals surface area (Å²) in [5.41, 5.74) is 0.699. The maximum Gasteiger partial charge on any atom is 0.269 e. The molecule has 2 N–H and O–H groups in total. The van der Waals surface area contributed by atoms with Crippen LogP contribution in [0.15, 0.2) is 65.1 Å². The molecule has 1 saturated heterocycles. The molecule has 38 heavy (non-hydrogen) atoms. The van der Waals surface area contributed by atoms with Crippen LogP contribution in [0.1, 0.15) is 29.5 Å². The van der Waals surface area contributed by atoms with E-state index in [9.17, 15) is 25.0 Å². The summed E-state index contributed by atoms with van der Waals surface area (Å²) in [6, 6.07) is 14.7. The minimum atomic E-state index is -1.53. The Labute approximate surface area is 225 Å². The molecule has 0 aliphatic carbocycles. The number of hydrogen-bond donors (Lipinski definition) is 2. The van der Waals surface area contributed by atoms with Gasteiger partial charge in [0.05, 0.1) is 22.4 Å². The Kier molecular flexibility index (Phi) is 6.53. The standard InChI is InChI=1S/C26H23BrN4O7/c1-14-22(24(31(35)36)26(29-14)18-8-3-4-9-20(18)28-25(26)32)16-11-19(27)23(21(12-16)37-2)38-13-15-6-5-7-17(10-15)30(33)34/h3-12,14,22,24,29H,13H2,1-2H3,(H,28,32)/t14-,22-,24-,26+/m0/s1. The average molecular weight is 583 g/mol. The van der Waals surface area contributed by atoms with Crippen LogP contribution in [-0.2, 0) is 16.9 Å². The van der Waals surface area contributed by atoms with E-state index in [1.54, 1.807) is 48.5 Å². The summed E-state index contributed by atoms with van der Waals surface area (Å²) in [6.45, 7) is 1.85. The third kappa shape index (κ3) is 4.05. The quantitative estimate of drug-likeness (QED) is 0.305. The van der Waals surface area contributed by atoms with Gasteiger partial charge in [0.25, 0.3) is 17.6 Å². The van der Waals surface area contributed by atoms with Crippen LogP contribution in [0.4, 0.5) is 11.4 Å². The lowest BCUT2D eigenvalue weighted by molar-refractivity contribution is -0.532. The fourth-order valence-electron chi connectivity index (χ4n) is 5.54. The van der Waals surface area contributed by atoms with Gasteiger partial charge in [0.1, 0.15) is 6.61 Å². The van der Waals surface area contributed by atoms with Crippen molar-refractivity contribution in [3.05, 3.63) is 102 Å².